The Morgan fingerprint density at radius 2 is 2.18 bits per heavy atom. The fraction of sp³-hybridized carbons (Fsp3) is 0.250. The van der Waals surface area contributed by atoms with Crippen LogP contribution in [0.5, 0.6) is 0 Å². The van der Waals surface area contributed by atoms with Crippen molar-refractivity contribution < 1.29 is 0 Å². The molecule has 0 saturated carbocycles. The predicted molar refractivity (Wildman–Crippen MR) is 72.8 cm³/mol. The molecular weight excluding hydrogens is 236 g/mol. The molecule has 0 aromatic carbocycles. The fourth-order valence-electron chi connectivity index (χ4n) is 1.22. The van der Waals surface area contributed by atoms with Gasteiger partial charge >= 0.3 is 0 Å². The minimum atomic E-state index is 0.299. The summed E-state index contributed by atoms with van der Waals surface area (Å²) >= 11 is 5.86. The van der Waals surface area contributed by atoms with Gasteiger partial charge in [0.1, 0.15) is 11.0 Å². The summed E-state index contributed by atoms with van der Waals surface area (Å²) in [5, 5.41) is 0.299. The summed E-state index contributed by atoms with van der Waals surface area (Å²) in [5.41, 5.74) is 1.33. The van der Waals surface area contributed by atoms with Crippen LogP contribution in [-0.4, -0.2) is 42.0 Å². The number of aliphatic imine (C=N–C) groups is 2. The average Bonchev–Trinajstić information content (AvgIpc) is 2.35. The van der Waals surface area contributed by atoms with Gasteiger partial charge in [-0.2, -0.15) is 0 Å². The smallest absolute Gasteiger partial charge is 0.148 e. The number of halogens is 1. The van der Waals surface area contributed by atoms with Crippen molar-refractivity contribution in [2.45, 2.75) is 0 Å². The summed E-state index contributed by atoms with van der Waals surface area (Å²) in [7, 11) is 5.40. The molecule has 0 saturated heterocycles. The van der Waals surface area contributed by atoms with Crippen molar-refractivity contribution in [1.29, 1.82) is 0 Å². The van der Waals surface area contributed by atoms with Crippen LogP contribution < -0.4 is 0 Å². The van der Waals surface area contributed by atoms with Crippen LogP contribution in [0, 0.1) is 0 Å². The third-order valence-electron chi connectivity index (χ3n) is 2.02. The lowest BCUT2D eigenvalue weighted by Gasteiger charge is -2.15. The van der Waals surface area contributed by atoms with Crippen molar-refractivity contribution in [3.8, 4) is 0 Å². The van der Waals surface area contributed by atoms with Gasteiger partial charge in [-0.15, -0.1) is 0 Å². The topological polar surface area (TPSA) is 40.9 Å². The van der Waals surface area contributed by atoms with Crippen molar-refractivity contribution in [3.05, 3.63) is 42.4 Å². The Balaban J connectivity index is 3.11. The highest BCUT2D eigenvalue weighted by atomic mass is 35.5. The van der Waals surface area contributed by atoms with Crippen molar-refractivity contribution in [3.63, 3.8) is 0 Å². The summed E-state index contributed by atoms with van der Waals surface area (Å²) in [5.74, 6) is 0.741. The minimum absolute atomic E-state index is 0.299. The van der Waals surface area contributed by atoms with E-state index in [4.69, 9.17) is 11.6 Å². The molecule has 0 spiro atoms. The maximum Gasteiger partial charge on any atom is 0.148 e. The Morgan fingerprint density at radius 3 is 2.65 bits per heavy atom. The van der Waals surface area contributed by atoms with E-state index in [2.05, 4.69) is 21.5 Å². The number of amidine groups is 1. The van der Waals surface area contributed by atoms with Crippen LogP contribution in [0.15, 0.2) is 46.8 Å². The van der Waals surface area contributed by atoms with Gasteiger partial charge in [-0.1, -0.05) is 18.2 Å². The SMILES string of the molecule is C=C(N=C(c1cccnc1)N(C)C)C(Cl)=NC. The number of pyridine rings is 1. The fourth-order valence-corrected chi connectivity index (χ4v) is 1.26. The van der Waals surface area contributed by atoms with Gasteiger partial charge in [0.25, 0.3) is 0 Å². The second kappa shape index (κ2) is 6.15. The first kappa shape index (κ1) is 13.4. The standard InChI is InChI=1S/C12H15ClN4/c1-9(11(13)14-2)16-12(17(3)4)10-6-5-7-15-8-10/h5-8H,1H2,2-4H3. The van der Waals surface area contributed by atoms with Crippen molar-refractivity contribution in [2.24, 2.45) is 9.98 Å². The molecule has 0 aliphatic heterocycles. The zero-order valence-corrected chi connectivity index (χ0v) is 10.9. The van der Waals surface area contributed by atoms with Gasteiger partial charge < -0.3 is 4.90 Å². The largest absolute Gasteiger partial charge is 0.362 e. The summed E-state index contributed by atoms with van der Waals surface area (Å²) in [6.07, 6.45) is 3.45. The summed E-state index contributed by atoms with van der Waals surface area (Å²) in [4.78, 5) is 14.1. The lowest BCUT2D eigenvalue weighted by Crippen LogP contribution is -2.23. The van der Waals surface area contributed by atoms with Crippen LogP contribution in [0.2, 0.25) is 0 Å². The maximum atomic E-state index is 5.86. The number of nitrogens with zero attached hydrogens (tertiary/aromatic N) is 4. The van der Waals surface area contributed by atoms with E-state index in [-0.39, 0.29) is 0 Å². The normalized spacial score (nSPS) is 12.5. The molecule has 0 amide bonds. The molecule has 17 heavy (non-hydrogen) atoms. The number of hydrogen-bond acceptors (Lipinski definition) is 3. The lowest BCUT2D eigenvalue weighted by molar-refractivity contribution is 0.623. The molecule has 0 radical (unpaired) electrons. The van der Waals surface area contributed by atoms with Crippen LogP contribution in [0.1, 0.15) is 5.56 Å². The maximum absolute atomic E-state index is 5.86. The van der Waals surface area contributed by atoms with Gasteiger partial charge in [0.15, 0.2) is 0 Å². The molecule has 1 aromatic heterocycles. The molecule has 0 N–H and O–H groups in total. The second-order valence-electron chi connectivity index (χ2n) is 3.53. The van der Waals surface area contributed by atoms with Gasteiger partial charge in [-0.3, -0.25) is 9.98 Å². The van der Waals surface area contributed by atoms with Crippen molar-refractivity contribution in [2.75, 3.05) is 21.1 Å². The molecule has 90 valence electrons. The highest BCUT2D eigenvalue weighted by Gasteiger charge is 2.08. The molecule has 4 nitrogen and oxygen atoms in total. The Hall–Kier alpha value is -1.68. The first-order valence-corrected chi connectivity index (χ1v) is 5.42. The lowest BCUT2D eigenvalue weighted by atomic mass is 10.2. The third kappa shape index (κ3) is 3.67. The van der Waals surface area contributed by atoms with E-state index in [9.17, 15) is 0 Å². The monoisotopic (exact) mass is 250 g/mol. The zero-order chi connectivity index (χ0) is 12.8. The minimum Gasteiger partial charge on any atom is -0.362 e. The number of hydrogen-bond donors (Lipinski definition) is 0. The van der Waals surface area contributed by atoms with Crippen LogP contribution >= 0.6 is 11.6 Å². The Kier molecular flexibility index (Phi) is 4.84. The quantitative estimate of drug-likeness (QED) is 0.609. The first-order valence-electron chi connectivity index (χ1n) is 5.04. The second-order valence-corrected chi connectivity index (χ2v) is 3.89. The first-order chi connectivity index (χ1) is 8.06. The molecule has 5 heteroatoms. The number of rotatable bonds is 3. The Bertz CT molecular complexity index is 449. The van der Waals surface area contributed by atoms with Gasteiger partial charge in [-0.25, -0.2) is 4.99 Å². The van der Waals surface area contributed by atoms with Crippen LogP contribution in [0.4, 0.5) is 0 Å². The van der Waals surface area contributed by atoms with Gasteiger partial charge in [0.05, 0.1) is 5.70 Å². The van der Waals surface area contributed by atoms with Crippen molar-refractivity contribution >= 4 is 22.6 Å². The Morgan fingerprint density at radius 1 is 1.47 bits per heavy atom. The van der Waals surface area contributed by atoms with E-state index in [1.54, 1.807) is 19.4 Å². The predicted octanol–water partition coefficient (Wildman–Crippen LogP) is 2.17. The van der Waals surface area contributed by atoms with E-state index in [1.165, 1.54) is 0 Å². The van der Waals surface area contributed by atoms with Crippen LogP contribution in [0.25, 0.3) is 0 Å². The van der Waals surface area contributed by atoms with E-state index in [0.29, 0.717) is 10.9 Å². The van der Waals surface area contributed by atoms with Crippen molar-refractivity contribution in [1.82, 2.24) is 9.88 Å². The van der Waals surface area contributed by atoms with E-state index < -0.39 is 0 Å². The molecule has 0 aliphatic carbocycles. The number of allylic oxidation sites excluding steroid dienone is 1. The molecule has 1 aromatic rings. The molecule has 0 atom stereocenters. The molecule has 1 heterocycles. The molecule has 0 aliphatic rings. The van der Waals surface area contributed by atoms with Crippen LogP contribution in [0.3, 0.4) is 0 Å². The van der Waals surface area contributed by atoms with E-state index in [0.717, 1.165) is 11.4 Å². The molecular formula is C12H15ClN4. The zero-order valence-electron chi connectivity index (χ0n) is 10.2. The van der Waals surface area contributed by atoms with E-state index >= 15 is 0 Å². The van der Waals surface area contributed by atoms with E-state index in [1.807, 2.05) is 31.1 Å². The molecule has 0 bridgehead atoms. The average molecular weight is 251 g/mol. The summed E-state index contributed by atoms with van der Waals surface area (Å²) in [6.45, 7) is 3.78. The summed E-state index contributed by atoms with van der Waals surface area (Å²) in [6, 6.07) is 3.78. The van der Waals surface area contributed by atoms with Gasteiger partial charge in [-0.05, 0) is 12.1 Å². The van der Waals surface area contributed by atoms with Gasteiger partial charge in [0, 0.05) is 39.1 Å². The third-order valence-corrected chi connectivity index (χ3v) is 2.41. The number of aromatic nitrogens is 1. The summed E-state index contributed by atoms with van der Waals surface area (Å²) < 4.78 is 0. The molecule has 0 fully saturated rings. The molecule has 1 rings (SSSR count). The van der Waals surface area contributed by atoms with Crippen LogP contribution in [-0.2, 0) is 0 Å². The highest BCUT2D eigenvalue weighted by Crippen LogP contribution is 2.08. The molecule has 0 unspecified atom stereocenters. The Labute approximate surface area is 106 Å². The van der Waals surface area contributed by atoms with Gasteiger partial charge in [0.2, 0.25) is 0 Å². The highest BCUT2D eigenvalue weighted by molar-refractivity contribution is 6.69.